The molecule has 2 aromatic heterocycles. The third-order valence-corrected chi connectivity index (χ3v) is 7.92. The van der Waals surface area contributed by atoms with Crippen molar-refractivity contribution in [2.45, 2.75) is 30.8 Å². The van der Waals surface area contributed by atoms with Gasteiger partial charge in [0.1, 0.15) is 16.8 Å². The molecule has 0 fully saturated rings. The fraction of sp³-hybridized carbons (Fsp3) is 0.167. The van der Waals surface area contributed by atoms with Gasteiger partial charge in [0.15, 0.2) is 0 Å². The molecule has 10 heteroatoms. The molecule has 0 unspecified atom stereocenters. The van der Waals surface area contributed by atoms with Crippen LogP contribution in [0.4, 0.5) is 4.39 Å². The van der Waals surface area contributed by atoms with Crippen LogP contribution in [0.1, 0.15) is 18.9 Å². The van der Waals surface area contributed by atoms with E-state index in [0.29, 0.717) is 28.5 Å². The van der Waals surface area contributed by atoms with Gasteiger partial charge in [0.05, 0.1) is 15.6 Å². The van der Waals surface area contributed by atoms with Gasteiger partial charge >= 0.3 is 0 Å². The Morgan fingerprint density at radius 1 is 1.12 bits per heavy atom. The first-order chi connectivity index (χ1) is 16.2. The number of aromatic nitrogens is 2. The van der Waals surface area contributed by atoms with Gasteiger partial charge in [0, 0.05) is 42.1 Å². The Balaban J connectivity index is 1.64. The molecule has 2 aromatic carbocycles. The Morgan fingerprint density at radius 3 is 2.41 bits per heavy atom. The van der Waals surface area contributed by atoms with Crippen LogP contribution < -0.4 is 4.72 Å². The van der Waals surface area contributed by atoms with Crippen LogP contribution in [0.2, 0.25) is 10.0 Å². The summed E-state index contributed by atoms with van der Waals surface area (Å²) in [6.45, 7) is 2.06. The van der Waals surface area contributed by atoms with Crippen LogP contribution in [0.25, 0.3) is 22.0 Å². The molecule has 0 aliphatic heterocycles. The first kappa shape index (κ1) is 24.2. The lowest BCUT2D eigenvalue weighted by Crippen LogP contribution is -2.37. The lowest BCUT2D eigenvalue weighted by Gasteiger charge is -2.20. The molecule has 174 valence electrons. The fourth-order valence-corrected chi connectivity index (χ4v) is 6.33. The van der Waals surface area contributed by atoms with Gasteiger partial charge in [-0.15, -0.1) is 0 Å². The topological polar surface area (TPSA) is 87.8 Å². The summed E-state index contributed by atoms with van der Waals surface area (Å²) in [5.41, 5.74) is 2.41. The highest BCUT2D eigenvalue weighted by atomic mass is 35.5. The van der Waals surface area contributed by atoms with Gasteiger partial charge in [-0.1, -0.05) is 30.1 Å². The van der Waals surface area contributed by atoms with E-state index in [9.17, 15) is 18.1 Å². The molecule has 0 radical (unpaired) electrons. The van der Waals surface area contributed by atoms with E-state index >= 15 is 0 Å². The maximum absolute atomic E-state index is 13.7. The molecular formula is C24H19Cl2FN4O2S. The molecule has 2 heterocycles. The van der Waals surface area contributed by atoms with Crippen molar-refractivity contribution in [3.8, 4) is 17.2 Å². The molecule has 0 spiro atoms. The summed E-state index contributed by atoms with van der Waals surface area (Å²) in [6.07, 6.45) is 5.27. The van der Waals surface area contributed by atoms with E-state index < -0.39 is 21.9 Å². The van der Waals surface area contributed by atoms with Crippen molar-refractivity contribution in [1.29, 1.82) is 5.26 Å². The zero-order valence-corrected chi connectivity index (χ0v) is 20.3. The van der Waals surface area contributed by atoms with E-state index in [1.807, 2.05) is 6.92 Å². The number of hydrogen-bond acceptors (Lipinski definition) is 4. The minimum atomic E-state index is -4.08. The average Bonchev–Trinajstić information content (AvgIpc) is 3.14. The highest BCUT2D eigenvalue weighted by molar-refractivity contribution is 7.89. The van der Waals surface area contributed by atoms with Gasteiger partial charge < -0.3 is 4.57 Å². The summed E-state index contributed by atoms with van der Waals surface area (Å²) >= 11 is 12.7. The summed E-state index contributed by atoms with van der Waals surface area (Å²) in [5, 5.41) is 9.86. The number of nitriles is 1. The second kappa shape index (κ2) is 9.72. The van der Waals surface area contributed by atoms with Gasteiger partial charge in [0.2, 0.25) is 10.0 Å². The van der Waals surface area contributed by atoms with Crippen LogP contribution in [0, 0.1) is 17.1 Å². The van der Waals surface area contributed by atoms with Gasteiger partial charge in [-0.05, 0) is 60.0 Å². The van der Waals surface area contributed by atoms with Gasteiger partial charge in [-0.25, -0.2) is 17.5 Å². The fourth-order valence-electron chi connectivity index (χ4n) is 3.80. The molecule has 0 saturated carbocycles. The van der Waals surface area contributed by atoms with Crippen LogP contribution in [0.15, 0.2) is 66.0 Å². The van der Waals surface area contributed by atoms with Crippen LogP contribution in [0.5, 0.6) is 0 Å². The summed E-state index contributed by atoms with van der Waals surface area (Å²) in [4.78, 5) is 3.76. The van der Waals surface area contributed by atoms with E-state index in [4.69, 9.17) is 23.2 Å². The second-order valence-corrected chi connectivity index (χ2v) is 10.2. The number of pyridine rings is 1. The van der Waals surface area contributed by atoms with Crippen molar-refractivity contribution in [2.75, 3.05) is 0 Å². The number of hydrogen-bond donors (Lipinski definition) is 1. The first-order valence-corrected chi connectivity index (χ1v) is 12.6. The smallest absolute Gasteiger partial charge is 0.243 e. The maximum Gasteiger partial charge on any atom is 0.243 e. The molecule has 34 heavy (non-hydrogen) atoms. The van der Waals surface area contributed by atoms with E-state index in [2.05, 4.69) is 15.8 Å². The number of benzene rings is 2. The third-order valence-electron chi connectivity index (χ3n) is 5.48. The molecule has 0 aliphatic rings. The minimum Gasteiger partial charge on any atom is -0.345 e. The predicted octanol–water partition coefficient (Wildman–Crippen LogP) is 5.78. The largest absolute Gasteiger partial charge is 0.345 e. The first-order valence-electron chi connectivity index (χ1n) is 10.3. The summed E-state index contributed by atoms with van der Waals surface area (Å²) < 4.78 is 44.6. The van der Waals surface area contributed by atoms with Gasteiger partial charge in [-0.3, -0.25) is 4.98 Å². The Bertz CT molecular complexity index is 1490. The number of fused-ring (bicyclic) bond motifs is 1. The summed E-state index contributed by atoms with van der Waals surface area (Å²) in [6, 6.07) is 12.3. The van der Waals surface area contributed by atoms with Crippen molar-refractivity contribution in [1.82, 2.24) is 14.3 Å². The van der Waals surface area contributed by atoms with E-state index in [0.717, 1.165) is 5.56 Å². The number of nitrogens with zero attached hydrogens (tertiary/aromatic N) is 3. The quantitative estimate of drug-likeness (QED) is 0.337. The van der Waals surface area contributed by atoms with Crippen LogP contribution in [-0.2, 0) is 16.6 Å². The van der Waals surface area contributed by atoms with E-state index in [1.165, 1.54) is 12.1 Å². The number of halogens is 3. The zero-order valence-electron chi connectivity index (χ0n) is 18.0. The highest BCUT2D eigenvalue weighted by Crippen LogP contribution is 2.35. The molecule has 4 rings (SSSR count). The number of nitrogens with one attached hydrogen (secondary N) is 1. The van der Waals surface area contributed by atoms with Crippen molar-refractivity contribution >= 4 is 44.1 Å². The minimum absolute atomic E-state index is 0.00433. The average molecular weight is 517 g/mol. The summed E-state index contributed by atoms with van der Waals surface area (Å²) in [5.74, 6) is -0.450. The maximum atomic E-state index is 13.7. The molecule has 0 bridgehead atoms. The van der Waals surface area contributed by atoms with Crippen LogP contribution in [0.3, 0.4) is 0 Å². The molecule has 6 nitrogen and oxygen atoms in total. The molecule has 1 N–H and O–H groups in total. The Kier molecular flexibility index (Phi) is 6.91. The molecule has 0 saturated heterocycles. The monoisotopic (exact) mass is 516 g/mol. The lowest BCUT2D eigenvalue weighted by molar-refractivity contribution is 0.491. The van der Waals surface area contributed by atoms with Gasteiger partial charge in [0.25, 0.3) is 0 Å². The highest BCUT2D eigenvalue weighted by Gasteiger charge is 2.26. The molecule has 1 atom stereocenters. The normalized spacial score (nSPS) is 12.6. The third kappa shape index (κ3) is 4.79. The van der Waals surface area contributed by atoms with Crippen molar-refractivity contribution in [3.63, 3.8) is 0 Å². The van der Waals surface area contributed by atoms with Crippen molar-refractivity contribution < 1.29 is 12.8 Å². The zero-order chi connectivity index (χ0) is 24.5. The van der Waals surface area contributed by atoms with Crippen LogP contribution in [-0.4, -0.2) is 24.0 Å². The Morgan fingerprint density at radius 2 is 1.79 bits per heavy atom. The van der Waals surface area contributed by atoms with Crippen molar-refractivity contribution in [3.05, 3.63) is 82.5 Å². The van der Waals surface area contributed by atoms with E-state index in [1.54, 1.807) is 53.5 Å². The Hall–Kier alpha value is -2.96. The Labute approximate surface area is 206 Å². The number of sulfonamides is 1. The second-order valence-electron chi connectivity index (χ2n) is 7.70. The van der Waals surface area contributed by atoms with Gasteiger partial charge in [-0.2, -0.15) is 5.26 Å². The van der Waals surface area contributed by atoms with E-state index in [-0.39, 0.29) is 21.5 Å². The lowest BCUT2D eigenvalue weighted by atomic mass is 10.1. The molecule has 0 aliphatic carbocycles. The standard InChI is InChI=1S/C24H19Cl2FN4O2S/c1-2-19(14-31-13-17(12-28)20-11-18(27)3-4-23(20)31)30-34(32,33)24-21(25)9-16(10-22(24)26)15-5-7-29-8-6-15/h3-11,13,19,30H,2,14H2,1H3/t19-/m0/s1. The molecule has 0 amide bonds. The summed E-state index contributed by atoms with van der Waals surface area (Å²) in [7, 11) is -4.08. The predicted molar refractivity (Wildman–Crippen MR) is 131 cm³/mol. The van der Waals surface area contributed by atoms with Crippen LogP contribution >= 0.6 is 23.2 Å². The number of rotatable bonds is 7. The SMILES string of the molecule is CC[C@@H](Cn1cc(C#N)c2cc(F)ccc21)NS(=O)(=O)c1c(Cl)cc(-c2ccncc2)cc1Cl. The van der Waals surface area contributed by atoms with Crippen molar-refractivity contribution in [2.24, 2.45) is 0 Å². The molecule has 4 aromatic rings. The molecular weight excluding hydrogens is 498 g/mol.